The second-order valence-corrected chi connectivity index (χ2v) is 6.22. The van der Waals surface area contributed by atoms with E-state index in [0.717, 1.165) is 49.7 Å². The van der Waals surface area contributed by atoms with Crippen LogP contribution in [0.15, 0.2) is 24.3 Å². The lowest BCUT2D eigenvalue weighted by Gasteiger charge is -2.14. The normalized spacial score (nSPS) is 11.3. The lowest BCUT2D eigenvalue weighted by atomic mass is 10.00. The van der Waals surface area contributed by atoms with Crippen LogP contribution in [0.3, 0.4) is 0 Å². The number of hydrogen-bond acceptors (Lipinski definition) is 3. The molecular formula is C19H27F2N3O. The van der Waals surface area contributed by atoms with E-state index in [4.69, 9.17) is 4.74 Å². The molecule has 0 atom stereocenters. The van der Waals surface area contributed by atoms with E-state index in [9.17, 15) is 8.78 Å². The summed E-state index contributed by atoms with van der Waals surface area (Å²) in [5.41, 5.74) is 1.06. The van der Waals surface area contributed by atoms with Crippen molar-refractivity contribution in [3.8, 4) is 5.88 Å². The molecule has 0 amide bonds. The van der Waals surface area contributed by atoms with E-state index < -0.39 is 11.6 Å². The zero-order valence-corrected chi connectivity index (χ0v) is 15.2. The summed E-state index contributed by atoms with van der Waals surface area (Å²) in [6.45, 7) is 5.72. The SMILES string of the molecule is CCC(CC)CCn1nc(CNC)cc1OCc1cc(F)ccc1F. The number of halogens is 2. The van der Waals surface area contributed by atoms with Gasteiger partial charge in [-0.25, -0.2) is 13.5 Å². The molecule has 1 aromatic heterocycles. The van der Waals surface area contributed by atoms with Crippen molar-refractivity contribution in [2.45, 2.75) is 52.8 Å². The Bertz CT molecular complexity index is 669. The van der Waals surface area contributed by atoms with E-state index in [0.29, 0.717) is 18.3 Å². The Morgan fingerprint density at radius 2 is 1.96 bits per heavy atom. The summed E-state index contributed by atoms with van der Waals surface area (Å²) >= 11 is 0. The van der Waals surface area contributed by atoms with E-state index in [-0.39, 0.29) is 12.2 Å². The summed E-state index contributed by atoms with van der Waals surface area (Å²) < 4.78 is 34.6. The molecule has 138 valence electrons. The van der Waals surface area contributed by atoms with Gasteiger partial charge in [0.25, 0.3) is 0 Å². The maximum atomic E-state index is 13.8. The van der Waals surface area contributed by atoms with Crippen LogP contribution in [0.25, 0.3) is 0 Å². The van der Waals surface area contributed by atoms with Gasteiger partial charge in [-0.1, -0.05) is 26.7 Å². The Hall–Kier alpha value is -1.95. The first-order chi connectivity index (χ1) is 12.1. The van der Waals surface area contributed by atoms with E-state index in [2.05, 4.69) is 24.3 Å². The summed E-state index contributed by atoms with van der Waals surface area (Å²) in [6, 6.07) is 5.23. The van der Waals surface area contributed by atoms with Crippen LogP contribution in [0.1, 0.15) is 44.4 Å². The van der Waals surface area contributed by atoms with E-state index in [1.807, 2.05) is 17.8 Å². The van der Waals surface area contributed by atoms with Crippen molar-refractivity contribution in [2.75, 3.05) is 7.05 Å². The third kappa shape index (κ3) is 5.53. The molecule has 0 unspecified atom stereocenters. The molecule has 1 heterocycles. The van der Waals surface area contributed by atoms with E-state index >= 15 is 0 Å². The zero-order chi connectivity index (χ0) is 18.2. The molecule has 0 fully saturated rings. The molecule has 1 N–H and O–H groups in total. The third-order valence-corrected chi connectivity index (χ3v) is 4.44. The average molecular weight is 351 g/mol. The molecular weight excluding hydrogens is 324 g/mol. The molecule has 4 nitrogen and oxygen atoms in total. The summed E-state index contributed by atoms with van der Waals surface area (Å²) in [5.74, 6) is 0.281. The van der Waals surface area contributed by atoms with Crippen molar-refractivity contribution >= 4 is 0 Å². The molecule has 6 heteroatoms. The van der Waals surface area contributed by atoms with Gasteiger partial charge in [-0.15, -0.1) is 0 Å². The average Bonchev–Trinajstić information content (AvgIpc) is 2.99. The summed E-state index contributed by atoms with van der Waals surface area (Å²) in [7, 11) is 1.85. The number of aryl methyl sites for hydroxylation is 1. The molecule has 0 aliphatic carbocycles. The molecule has 0 aliphatic rings. The van der Waals surface area contributed by atoms with Crippen LogP contribution >= 0.6 is 0 Å². The zero-order valence-electron chi connectivity index (χ0n) is 15.2. The lowest BCUT2D eigenvalue weighted by molar-refractivity contribution is 0.261. The van der Waals surface area contributed by atoms with Crippen molar-refractivity contribution in [3.05, 3.63) is 47.2 Å². The van der Waals surface area contributed by atoms with Gasteiger partial charge in [-0.05, 0) is 37.6 Å². The van der Waals surface area contributed by atoms with Crippen molar-refractivity contribution in [1.82, 2.24) is 15.1 Å². The first-order valence-electron chi connectivity index (χ1n) is 8.85. The summed E-state index contributed by atoms with van der Waals surface area (Å²) in [6.07, 6.45) is 3.27. The Morgan fingerprint density at radius 1 is 1.20 bits per heavy atom. The Morgan fingerprint density at radius 3 is 2.64 bits per heavy atom. The van der Waals surface area contributed by atoms with Gasteiger partial charge in [-0.3, -0.25) is 0 Å². The maximum absolute atomic E-state index is 13.8. The summed E-state index contributed by atoms with van der Waals surface area (Å²) in [4.78, 5) is 0. The van der Waals surface area contributed by atoms with Crippen LogP contribution in [-0.4, -0.2) is 16.8 Å². The second-order valence-electron chi connectivity index (χ2n) is 6.22. The minimum Gasteiger partial charge on any atom is -0.473 e. The van der Waals surface area contributed by atoms with Crippen molar-refractivity contribution in [1.29, 1.82) is 0 Å². The second kappa shape index (κ2) is 9.51. The van der Waals surface area contributed by atoms with Gasteiger partial charge in [0.2, 0.25) is 5.88 Å². The number of nitrogens with one attached hydrogen (secondary N) is 1. The molecule has 0 radical (unpaired) electrons. The Kier molecular flexibility index (Phi) is 7.37. The topological polar surface area (TPSA) is 39.1 Å². The van der Waals surface area contributed by atoms with Crippen molar-refractivity contribution in [3.63, 3.8) is 0 Å². The fraction of sp³-hybridized carbons (Fsp3) is 0.526. The van der Waals surface area contributed by atoms with E-state index in [1.54, 1.807) is 0 Å². The molecule has 0 bridgehead atoms. The predicted molar refractivity (Wildman–Crippen MR) is 94.4 cm³/mol. The first-order valence-corrected chi connectivity index (χ1v) is 8.85. The van der Waals surface area contributed by atoms with Gasteiger partial charge in [0, 0.05) is 24.7 Å². The molecule has 2 aromatic rings. The van der Waals surface area contributed by atoms with Gasteiger partial charge in [0.1, 0.15) is 18.2 Å². The standard InChI is InChI=1S/C19H27F2N3O/c1-4-14(5-2)8-9-24-19(11-17(23-24)12-22-3)25-13-15-10-16(20)6-7-18(15)21/h6-7,10-11,14,22H,4-5,8-9,12-13H2,1-3H3. The van der Waals surface area contributed by atoms with Crippen LogP contribution in [0, 0.1) is 17.6 Å². The van der Waals surface area contributed by atoms with Gasteiger partial charge in [0.15, 0.2) is 0 Å². The van der Waals surface area contributed by atoms with Crippen LogP contribution in [0.5, 0.6) is 5.88 Å². The highest BCUT2D eigenvalue weighted by Gasteiger charge is 2.13. The maximum Gasteiger partial charge on any atom is 0.212 e. The largest absolute Gasteiger partial charge is 0.473 e. The Labute approximate surface area is 148 Å². The smallest absolute Gasteiger partial charge is 0.212 e. The highest BCUT2D eigenvalue weighted by molar-refractivity contribution is 5.20. The molecule has 2 rings (SSSR count). The monoisotopic (exact) mass is 351 g/mol. The van der Waals surface area contributed by atoms with Crippen LogP contribution in [-0.2, 0) is 19.7 Å². The minimum atomic E-state index is -0.474. The number of aromatic nitrogens is 2. The van der Waals surface area contributed by atoms with Crippen molar-refractivity contribution in [2.24, 2.45) is 5.92 Å². The fourth-order valence-electron chi connectivity index (χ4n) is 2.80. The fourth-order valence-corrected chi connectivity index (χ4v) is 2.80. The van der Waals surface area contributed by atoms with E-state index in [1.165, 1.54) is 0 Å². The first kappa shape index (κ1) is 19.4. The number of ether oxygens (including phenoxy) is 1. The molecule has 0 saturated carbocycles. The number of benzene rings is 1. The summed E-state index contributed by atoms with van der Waals surface area (Å²) in [5, 5.41) is 7.62. The molecule has 0 spiro atoms. The van der Waals surface area contributed by atoms with Crippen LogP contribution in [0.4, 0.5) is 8.78 Å². The van der Waals surface area contributed by atoms with Gasteiger partial charge >= 0.3 is 0 Å². The quantitative estimate of drug-likeness (QED) is 0.694. The van der Waals surface area contributed by atoms with Crippen molar-refractivity contribution < 1.29 is 13.5 Å². The number of hydrogen-bond donors (Lipinski definition) is 1. The number of rotatable bonds is 10. The molecule has 0 aliphatic heterocycles. The molecule has 25 heavy (non-hydrogen) atoms. The Balaban J connectivity index is 2.10. The van der Waals surface area contributed by atoms with Gasteiger partial charge in [-0.2, -0.15) is 5.10 Å². The van der Waals surface area contributed by atoms with Gasteiger partial charge < -0.3 is 10.1 Å². The molecule has 0 saturated heterocycles. The van der Waals surface area contributed by atoms with Crippen LogP contribution < -0.4 is 10.1 Å². The van der Waals surface area contributed by atoms with Gasteiger partial charge in [0.05, 0.1) is 5.69 Å². The lowest BCUT2D eigenvalue weighted by Crippen LogP contribution is -2.10. The highest BCUT2D eigenvalue weighted by atomic mass is 19.1. The third-order valence-electron chi connectivity index (χ3n) is 4.44. The molecule has 1 aromatic carbocycles. The predicted octanol–water partition coefficient (Wildman–Crippen LogP) is 4.29. The highest BCUT2D eigenvalue weighted by Crippen LogP contribution is 2.20. The minimum absolute atomic E-state index is 0.0285. The van der Waals surface area contributed by atoms with Crippen LogP contribution in [0.2, 0.25) is 0 Å². The number of nitrogens with zero attached hydrogens (tertiary/aromatic N) is 2.